The summed E-state index contributed by atoms with van der Waals surface area (Å²) >= 11 is 1.13. The van der Waals surface area contributed by atoms with E-state index < -0.39 is 0 Å². The number of carbonyl (C=O) groups excluding carboxylic acids is 1. The van der Waals surface area contributed by atoms with Crippen LogP contribution in [0.1, 0.15) is 26.6 Å². The first-order valence-corrected chi connectivity index (χ1v) is 8.82. The molecule has 0 saturated carbocycles. The molecule has 0 aromatic carbocycles. The molecule has 2 aromatic rings. The van der Waals surface area contributed by atoms with Crippen molar-refractivity contribution in [3.8, 4) is 0 Å². The fraction of sp³-hybridized carbons (Fsp3) is 0.562. The second-order valence-corrected chi connectivity index (χ2v) is 7.11. The van der Waals surface area contributed by atoms with E-state index in [2.05, 4.69) is 32.6 Å². The SMILES string of the molecule is Cc1cc(CN(C[C@@H]2CN(C)CCO2)C(=O)c2cnns2)c(C)[nH]1. The molecule has 1 aliphatic heterocycles. The highest BCUT2D eigenvalue weighted by Crippen LogP contribution is 2.17. The second kappa shape index (κ2) is 7.42. The smallest absolute Gasteiger partial charge is 0.267 e. The molecular formula is C16H23N5O2S. The maximum absolute atomic E-state index is 12.9. The predicted octanol–water partition coefficient (Wildman–Crippen LogP) is 1.46. The van der Waals surface area contributed by atoms with Gasteiger partial charge < -0.3 is 19.5 Å². The van der Waals surface area contributed by atoms with Gasteiger partial charge in [-0.15, -0.1) is 5.10 Å². The Kier molecular flexibility index (Phi) is 5.27. The average molecular weight is 349 g/mol. The largest absolute Gasteiger partial charge is 0.374 e. The number of H-pyrrole nitrogens is 1. The zero-order valence-electron chi connectivity index (χ0n) is 14.3. The Balaban J connectivity index is 1.77. The molecule has 1 atom stereocenters. The molecule has 0 aliphatic carbocycles. The first-order valence-electron chi connectivity index (χ1n) is 8.05. The van der Waals surface area contributed by atoms with Crippen molar-refractivity contribution in [1.29, 1.82) is 0 Å². The van der Waals surface area contributed by atoms with Crippen LogP contribution in [0.2, 0.25) is 0 Å². The van der Waals surface area contributed by atoms with Crippen LogP contribution in [-0.4, -0.2) is 69.7 Å². The lowest BCUT2D eigenvalue weighted by molar-refractivity contribution is -0.0335. The number of hydrogen-bond donors (Lipinski definition) is 1. The van der Waals surface area contributed by atoms with Crippen LogP contribution in [0.4, 0.5) is 0 Å². The van der Waals surface area contributed by atoms with Crippen LogP contribution < -0.4 is 0 Å². The molecule has 0 spiro atoms. The third kappa shape index (κ3) is 4.00. The third-order valence-electron chi connectivity index (χ3n) is 4.24. The van der Waals surface area contributed by atoms with Crippen molar-refractivity contribution < 1.29 is 9.53 Å². The highest BCUT2D eigenvalue weighted by molar-refractivity contribution is 7.07. The highest BCUT2D eigenvalue weighted by Gasteiger charge is 2.26. The summed E-state index contributed by atoms with van der Waals surface area (Å²) in [5.74, 6) is -0.0416. The summed E-state index contributed by atoms with van der Waals surface area (Å²) in [6, 6.07) is 2.09. The molecule has 7 nitrogen and oxygen atoms in total. The Morgan fingerprint density at radius 1 is 1.54 bits per heavy atom. The van der Waals surface area contributed by atoms with Gasteiger partial charge in [-0.05, 0) is 44.1 Å². The van der Waals surface area contributed by atoms with Crippen LogP contribution in [0.3, 0.4) is 0 Å². The normalized spacial score (nSPS) is 18.7. The summed E-state index contributed by atoms with van der Waals surface area (Å²) in [6.45, 7) is 7.63. The van der Waals surface area contributed by atoms with E-state index in [4.69, 9.17) is 4.74 Å². The Hall–Kier alpha value is -1.77. The fourth-order valence-electron chi connectivity index (χ4n) is 3.01. The molecule has 8 heteroatoms. The van der Waals surface area contributed by atoms with Gasteiger partial charge in [0.2, 0.25) is 0 Å². The van der Waals surface area contributed by atoms with E-state index in [1.807, 2.05) is 18.7 Å². The van der Waals surface area contributed by atoms with Gasteiger partial charge in [0.15, 0.2) is 0 Å². The minimum absolute atomic E-state index is 0.0222. The number of amides is 1. The van der Waals surface area contributed by atoms with Crippen LogP contribution in [0.5, 0.6) is 0 Å². The summed E-state index contributed by atoms with van der Waals surface area (Å²) in [5.41, 5.74) is 3.32. The van der Waals surface area contributed by atoms with Crippen molar-refractivity contribution in [2.45, 2.75) is 26.5 Å². The van der Waals surface area contributed by atoms with Gasteiger partial charge in [-0.3, -0.25) is 4.79 Å². The number of aromatic nitrogens is 3. The summed E-state index contributed by atoms with van der Waals surface area (Å²) < 4.78 is 9.66. The first kappa shape index (κ1) is 17.1. The molecule has 0 radical (unpaired) electrons. The van der Waals surface area contributed by atoms with E-state index >= 15 is 0 Å². The summed E-state index contributed by atoms with van der Waals surface area (Å²) in [7, 11) is 2.08. The number of hydrogen-bond acceptors (Lipinski definition) is 6. The molecule has 1 N–H and O–H groups in total. The second-order valence-electron chi connectivity index (χ2n) is 6.33. The highest BCUT2D eigenvalue weighted by atomic mass is 32.1. The van der Waals surface area contributed by atoms with E-state index in [1.165, 1.54) is 6.20 Å². The Bertz CT molecular complexity index is 685. The summed E-state index contributed by atoms with van der Waals surface area (Å²) in [5, 5.41) is 3.79. The minimum atomic E-state index is -0.0416. The van der Waals surface area contributed by atoms with Gasteiger partial charge >= 0.3 is 0 Å². The minimum Gasteiger partial charge on any atom is -0.374 e. The molecule has 0 bridgehead atoms. The predicted molar refractivity (Wildman–Crippen MR) is 92.2 cm³/mol. The van der Waals surface area contributed by atoms with Crippen LogP contribution in [0.25, 0.3) is 0 Å². The van der Waals surface area contributed by atoms with Gasteiger partial charge in [-0.25, -0.2) is 0 Å². The Morgan fingerprint density at radius 3 is 3.00 bits per heavy atom. The maximum atomic E-state index is 12.9. The lowest BCUT2D eigenvalue weighted by Gasteiger charge is -2.33. The van der Waals surface area contributed by atoms with E-state index in [9.17, 15) is 4.79 Å². The molecule has 1 fully saturated rings. The molecule has 130 valence electrons. The number of aromatic amines is 1. The Morgan fingerprint density at radius 2 is 2.38 bits per heavy atom. The van der Waals surface area contributed by atoms with E-state index in [0.717, 1.165) is 41.6 Å². The molecular weight excluding hydrogens is 326 g/mol. The molecule has 24 heavy (non-hydrogen) atoms. The third-order valence-corrected chi connectivity index (χ3v) is 4.90. The zero-order valence-corrected chi connectivity index (χ0v) is 15.1. The average Bonchev–Trinajstić information content (AvgIpc) is 3.16. The van der Waals surface area contributed by atoms with Gasteiger partial charge in [-0.1, -0.05) is 4.49 Å². The molecule has 1 saturated heterocycles. The quantitative estimate of drug-likeness (QED) is 0.884. The first-order chi connectivity index (χ1) is 11.5. The summed E-state index contributed by atoms with van der Waals surface area (Å²) in [4.78, 5) is 20.8. The summed E-state index contributed by atoms with van der Waals surface area (Å²) in [6.07, 6.45) is 1.55. The number of ether oxygens (including phenoxy) is 1. The standard InChI is InChI=1S/C16H23N5O2S/c1-11-6-13(12(2)18-11)8-21(16(22)15-7-17-19-24-15)10-14-9-20(3)4-5-23-14/h6-7,14,18H,4-5,8-10H2,1-3H3/t14-/m0/s1. The number of nitrogens with zero attached hydrogens (tertiary/aromatic N) is 4. The van der Waals surface area contributed by atoms with Gasteiger partial charge in [0.05, 0.1) is 18.9 Å². The maximum Gasteiger partial charge on any atom is 0.267 e. The van der Waals surface area contributed by atoms with Gasteiger partial charge in [0.1, 0.15) is 4.88 Å². The van der Waals surface area contributed by atoms with Gasteiger partial charge in [0, 0.05) is 37.6 Å². The Labute approximate surface area is 145 Å². The van der Waals surface area contributed by atoms with Crippen LogP contribution >= 0.6 is 11.5 Å². The van der Waals surface area contributed by atoms with Crippen molar-refractivity contribution in [3.05, 3.63) is 34.1 Å². The van der Waals surface area contributed by atoms with E-state index in [-0.39, 0.29) is 12.0 Å². The monoisotopic (exact) mass is 349 g/mol. The van der Waals surface area contributed by atoms with Crippen LogP contribution in [0.15, 0.2) is 12.3 Å². The van der Waals surface area contributed by atoms with E-state index in [1.54, 1.807) is 0 Å². The number of nitrogens with one attached hydrogen (secondary N) is 1. The number of rotatable bonds is 5. The zero-order chi connectivity index (χ0) is 17.1. The van der Waals surface area contributed by atoms with Crippen molar-refractivity contribution in [1.82, 2.24) is 24.4 Å². The lowest BCUT2D eigenvalue weighted by Crippen LogP contribution is -2.47. The number of likely N-dealkylation sites (N-methyl/N-ethyl adjacent to an activating group) is 1. The van der Waals surface area contributed by atoms with Crippen molar-refractivity contribution in [2.24, 2.45) is 0 Å². The molecule has 3 rings (SSSR count). The molecule has 0 unspecified atom stereocenters. The lowest BCUT2D eigenvalue weighted by atomic mass is 10.2. The van der Waals surface area contributed by atoms with Gasteiger partial charge in [0.25, 0.3) is 5.91 Å². The van der Waals surface area contributed by atoms with Crippen LogP contribution in [0, 0.1) is 13.8 Å². The topological polar surface area (TPSA) is 74.3 Å². The molecule has 3 heterocycles. The van der Waals surface area contributed by atoms with Crippen molar-refractivity contribution >= 4 is 17.4 Å². The molecule has 1 amide bonds. The number of morpholine rings is 1. The fourth-order valence-corrected chi connectivity index (χ4v) is 3.49. The van der Waals surface area contributed by atoms with E-state index in [0.29, 0.717) is 24.6 Å². The van der Waals surface area contributed by atoms with Gasteiger partial charge in [-0.2, -0.15) is 0 Å². The molecule has 1 aliphatic rings. The van der Waals surface area contributed by atoms with Crippen molar-refractivity contribution in [2.75, 3.05) is 33.3 Å². The molecule has 2 aromatic heterocycles. The number of aryl methyl sites for hydroxylation is 2. The number of carbonyl (C=O) groups is 1. The van der Waals surface area contributed by atoms with Crippen molar-refractivity contribution in [3.63, 3.8) is 0 Å². The van der Waals surface area contributed by atoms with Crippen LogP contribution in [-0.2, 0) is 11.3 Å².